The molecule has 1 saturated carbocycles. The zero-order valence-corrected chi connectivity index (χ0v) is 20.2. The first-order valence-corrected chi connectivity index (χ1v) is 13.6. The van der Waals surface area contributed by atoms with Crippen molar-refractivity contribution in [2.45, 2.75) is 63.1 Å². The van der Waals surface area contributed by atoms with Crippen molar-refractivity contribution in [3.05, 3.63) is 11.5 Å². The minimum absolute atomic E-state index is 0.0907. The summed E-state index contributed by atoms with van der Waals surface area (Å²) in [7, 11) is -4.34. The van der Waals surface area contributed by atoms with Crippen LogP contribution in [0.2, 0.25) is 5.28 Å². The zero-order valence-electron chi connectivity index (χ0n) is 18.5. The summed E-state index contributed by atoms with van der Waals surface area (Å²) in [6.07, 6.45) is 2.93. The average Bonchev–Trinajstić information content (AvgIpc) is 3.27. The molecule has 0 aromatic carbocycles. The van der Waals surface area contributed by atoms with E-state index in [1.807, 2.05) is 0 Å². The lowest BCUT2D eigenvalue weighted by molar-refractivity contribution is -0.0421. The molecule has 2 aromatic rings. The first-order valence-electron chi connectivity index (χ1n) is 11.4. The van der Waals surface area contributed by atoms with Crippen LogP contribution in [0.4, 0.5) is 5.82 Å². The quantitative estimate of drug-likeness (QED) is 0.304. The van der Waals surface area contributed by atoms with Crippen LogP contribution in [0.25, 0.3) is 11.0 Å². The molecule has 4 heterocycles. The van der Waals surface area contributed by atoms with Crippen molar-refractivity contribution in [1.82, 2.24) is 19.7 Å². The van der Waals surface area contributed by atoms with Gasteiger partial charge in [0, 0.05) is 18.5 Å². The fourth-order valence-corrected chi connectivity index (χ4v) is 5.90. The molecule has 0 amide bonds. The minimum Gasteiger partial charge on any atom is -0.388 e. The van der Waals surface area contributed by atoms with E-state index >= 15 is 0 Å². The van der Waals surface area contributed by atoms with Crippen molar-refractivity contribution in [3.63, 3.8) is 0 Å². The summed E-state index contributed by atoms with van der Waals surface area (Å²) >= 11 is 6.25. The molecule has 2 saturated heterocycles. The second kappa shape index (κ2) is 9.25. The molecule has 3 aliphatic rings. The lowest BCUT2D eigenvalue weighted by atomic mass is 9.68. The maximum Gasteiger partial charge on any atom is 0.350 e. The van der Waals surface area contributed by atoms with Crippen LogP contribution in [0, 0.1) is 5.41 Å². The Morgan fingerprint density at radius 3 is 2.56 bits per heavy atom. The smallest absolute Gasteiger partial charge is 0.350 e. The summed E-state index contributed by atoms with van der Waals surface area (Å²) in [5, 5.41) is 26.0. The van der Waals surface area contributed by atoms with Crippen molar-refractivity contribution in [3.8, 4) is 0 Å². The molecule has 0 bridgehead atoms. The number of nitrogens with zero attached hydrogens (tertiary/aromatic N) is 5. The van der Waals surface area contributed by atoms with Crippen molar-refractivity contribution in [2.75, 3.05) is 30.9 Å². The Kier molecular flexibility index (Phi) is 6.62. The molecular weight excluding hydrogens is 489 g/mol. The van der Waals surface area contributed by atoms with E-state index in [4.69, 9.17) is 30.9 Å². The molecule has 0 unspecified atom stereocenters. The normalized spacial score (nSPS) is 29.1. The molecule has 1 aliphatic carbocycles. The summed E-state index contributed by atoms with van der Waals surface area (Å²) in [5.41, 5.74) is 0.873. The van der Waals surface area contributed by atoms with Gasteiger partial charge < -0.3 is 34.4 Å². The Morgan fingerprint density at radius 1 is 1.15 bits per heavy atom. The van der Waals surface area contributed by atoms with E-state index < -0.39 is 38.4 Å². The monoisotopic (exact) mass is 517 g/mol. The number of anilines is 1. The molecule has 2 aromatic heterocycles. The van der Waals surface area contributed by atoms with Crippen LogP contribution in [0.3, 0.4) is 0 Å². The molecule has 14 heteroatoms. The fraction of sp³-hybridized carbons (Fsp3) is 0.750. The zero-order chi connectivity index (χ0) is 24.1. The van der Waals surface area contributed by atoms with Gasteiger partial charge in [-0.3, -0.25) is 4.57 Å². The average molecular weight is 518 g/mol. The van der Waals surface area contributed by atoms with Gasteiger partial charge in [0.2, 0.25) is 5.28 Å². The second-order valence-electron chi connectivity index (χ2n) is 9.66. The third-order valence-electron chi connectivity index (χ3n) is 7.07. The van der Waals surface area contributed by atoms with Crippen LogP contribution in [-0.4, -0.2) is 90.2 Å². The predicted molar refractivity (Wildman–Crippen MR) is 122 cm³/mol. The molecular formula is C20H29ClN5O7P. The third-order valence-corrected chi connectivity index (χ3v) is 7.76. The molecule has 188 valence electrons. The number of fused-ring (bicyclic) bond motifs is 1. The van der Waals surface area contributed by atoms with E-state index in [1.165, 1.54) is 32.1 Å². The van der Waals surface area contributed by atoms with E-state index in [2.05, 4.69) is 20.0 Å². The van der Waals surface area contributed by atoms with Crippen LogP contribution in [0.5, 0.6) is 0 Å². The molecule has 5 rings (SSSR count). The highest BCUT2D eigenvalue weighted by molar-refractivity contribution is 7.51. The number of hydrogen-bond acceptors (Lipinski definition) is 9. The maximum absolute atomic E-state index is 10.9. The number of aliphatic hydroxyl groups is 2. The van der Waals surface area contributed by atoms with Gasteiger partial charge in [-0.05, 0) is 24.4 Å². The van der Waals surface area contributed by atoms with Crippen molar-refractivity contribution in [2.24, 2.45) is 5.41 Å². The van der Waals surface area contributed by atoms with Crippen molar-refractivity contribution in [1.29, 1.82) is 0 Å². The van der Waals surface area contributed by atoms with E-state index in [9.17, 15) is 14.8 Å². The molecule has 12 nitrogen and oxygen atoms in total. The first-order chi connectivity index (χ1) is 16.1. The topological polar surface area (TPSA) is 163 Å². The largest absolute Gasteiger partial charge is 0.388 e. The van der Waals surface area contributed by atoms with Gasteiger partial charge in [0.25, 0.3) is 0 Å². The summed E-state index contributed by atoms with van der Waals surface area (Å²) in [6.45, 7) is 1.70. The van der Waals surface area contributed by atoms with Crippen LogP contribution in [-0.2, 0) is 20.6 Å². The van der Waals surface area contributed by atoms with Crippen LogP contribution in [0.15, 0.2) is 6.20 Å². The summed E-state index contributed by atoms with van der Waals surface area (Å²) in [5.74, 6) is 0.745. The van der Waals surface area contributed by atoms with Crippen LogP contribution < -0.4 is 4.90 Å². The summed E-state index contributed by atoms with van der Waals surface area (Å²) in [6, 6.07) is 0. The molecule has 4 atom stereocenters. The molecule has 4 N–H and O–H groups in total. The number of hydrogen-bond donors (Lipinski definition) is 4. The van der Waals surface area contributed by atoms with Crippen molar-refractivity contribution < 1.29 is 34.0 Å². The SMILES string of the molecule is O=P(O)(O)COC[C@H]1O[C@H](Cn2ncc3c(N4CC5(CCCCC5)C4)nc(Cl)nc32)[C@H](O)[C@@H]1O. The number of halogens is 1. The number of aliphatic hydroxyl groups excluding tert-OH is 2. The predicted octanol–water partition coefficient (Wildman–Crippen LogP) is 0.891. The lowest BCUT2D eigenvalue weighted by Crippen LogP contribution is -2.57. The van der Waals surface area contributed by atoms with Gasteiger partial charge >= 0.3 is 7.60 Å². The molecule has 34 heavy (non-hydrogen) atoms. The summed E-state index contributed by atoms with van der Waals surface area (Å²) in [4.78, 5) is 28.8. The molecule has 2 aliphatic heterocycles. The fourth-order valence-electron chi connectivity index (χ4n) is 5.39. The Labute approximate surface area is 201 Å². The van der Waals surface area contributed by atoms with E-state index in [0.29, 0.717) is 11.1 Å². The molecule has 1 spiro atoms. The Hall–Kier alpha value is -1.37. The van der Waals surface area contributed by atoms with E-state index in [0.717, 1.165) is 24.3 Å². The van der Waals surface area contributed by atoms with Gasteiger partial charge in [-0.2, -0.15) is 15.1 Å². The highest BCUT2D eigenvalue weighted by Crippen LogP contribution is 2.46. The third kappa shape index (κ3) is 4.83. The van der Waals surface area contributed by atoms with Gasteiger partial charge in [-0.15, -0.1) is 0 Å². The van der Waals surface area contributed by atoms with E-state index in [1.54, 1.807) is 10.9 Å². The Bertz CT molecular complexity index is 1080. The van der Waals surface area contributed by atoms with Crippen molar-refractivity contribution >= 4 is 36.0 Å². The maximum atomic E-state index is 10.9. The Balaban J connectivity index is 1.29. The minimum atomic E-state index is -4.34. The van der Waals surface area contributed by atoms with Gasteiger partial charge in [-0.1, -0.05) is 19.3 Å². The highest BCUT2D eigenvalue weighted by Gasteiger charge is 2.45. The lowest BCUT2D eigenvalue weighted by Gasteiger charge is -2.53. The Morgan fingerprint density at radius 2 is 1.85 bits per heavy atom. The first kappa shape index (κ1) is 24.3. The summed E-state index contributed by atoms with van der Waals surface area (Å²) < 4.78 is 23.2. The van der Waals surface area contributed by atoms with Gasteiger partial charge in [0.1, 0.15) is 36.6 Å². The second-order valence-corrected chi connectivity index (χ2v) is 11.6. The van der Waals surface area contributed by atoms with Crippen LogP contribution in [0.1, 0.15) is 32.1 Å². The van der Waals surface area contributed by atoms with Gasteiger partial charge in [-0.25, -0.2) is 4.68 Å². The molecule has 0 radical (unpaired) electrons. The standard InChI is InChI=1S/C20H29ClN5O7P/c21-19-23-17(25-9-20(10-25)4-2-1-3-5-20)12-6-22-26(18(12)24-19)7-13-15(27)16(28)14(33-13)8-32-11-34(29,30)31/h6,13-16,27-28H,1-5,7-11H2,(H2,29,30,31)/t13-,14-,15+,16-/m1/s1. The van der Waals surface area contributed by atoms with Crippen LogP contribution >= 0.6 is 19.2 Å². The highest BCUT2D eigenvalue weighted by atomic mass is 35.5. The number of rotatable bonds is 7. The van der Waals surface area contributed by atoms with E-state index in [-0.39, 0.29) is 18.4 Å². The van der Waals surface area contributed by atoms with Gasteiger partial charge in [0.05, 0.1) is 24.7 Å². The van der Waals surface area contributed by atoms with Gasteiger partial charge in [0.15, 0.2) is 5.65 Å². The molecule has 3 fully saturated rings. The number of ether oxygens (including phenoxy) is 2. The number of aromatic nitrogens is 4.